The van der Waals surface area contributed by atoms with E-state index in [1.165, 1.54) is 0 Å². The van der Waals surface area contributed by atoms with Crippen LogP contribution in [-0.4, -0.2) is 48.1 Å². The van der Waals surface area contributed by atoms with Crippen LogP contribution in [-0.2, 0) is 0 Å². The van der Waals surface area contributed by atoms with Crippen LogP contribution >= 0.6 is 11.6 Å². The lowest BCUT2D eigenvalue weighted by atomic mass is 10.2. The van der Waals surface area contributed by atoms with E-state index in [9.17, 15) is 0 Å². The summed E-state index contributed by atoms with van der Waals surface area (Å²) in [7, 11) is 3.90. The summed E-state index contributed by atoms with van der Waals surface area (Å²) in [5, 5.41) is 6.66. The van der Waals surface area contributed by atoms with Crippen LogP contribution in [0.2, 0.25) is 5.02 Å². The molecule has 1 aromatic heterocycles. The zero-order valence-electron chi connectivity index (χ0n) is 11.5. The van der Waals surface area contributed by atoms with Gasteiger partial charge in [-0.05, 0) is 20.4 Å². The Morgan fingerprint density at radius 1 is 1.50 bits per heavy atom. The summed E-state index contributed by atoms with van der Waals surface area (Å²) in [6.07, 6.45) is 2.75. The normalized spacial score (nSPS) is 12.6. The maximum Gasteiger partial charge on any atom is 0.224 e. The lowest BCUT2D eigenvalue weighted by Crippen LogP contribution is -2.32. The van der Waals surface area contributed by atoms with Crippen LogP contribution in [0.15, 0.2) is 6.20 Å². The molecule has 1 unspecified atom stereocenters. The number of rotatable bonds is 7. The first-order valence-corrected chi connectivity index (χ1v) is 6.60. The van der Waals surface area contributed by atoms with Gasteiger partial charge in [-0.25, -0.2) is 4.98 Å². The Morgan fingerprint density at radius 2 is 2.22 bits per heavy atom. The molecule has 102 valence electrons. The first-order chi connectivity index (χ1) is 8.58. The van der Waals surface area contributed by atoms with Crippen molar-refractivity contribution in [2.45, 2.75) is 26.3 Å². The summed E-state index contributed by atoms with van der Waals surface area (Å²) < 4.78 is 0. The first-order valence-electron chi connectivity index (χ1n) is 6.22. The molecule has 0 saturated carbocycles. The predicted molar refractivity (Wildman–Crippen MR) is 77.5 cm³/mol. The Morgan fingerprint density at radius 3 is 2.83 bits per heavy atom. The van der Waals surface area contributed by atoms with Crippen molar-refractivity contribution in [3.05, 3.63) is 11.2 Å². The van der Waals surface area contributed by atoms with Crippen molar-refractivity contribution in [2.75, 3.05) is 37.8 Å². The summed E-state index contributed by atoms with van der Waals surface area (Å²) in [6, 6.07) is 0.584. The molecule has 0 bridgehead atoms. The summed E-state index contributed by atoms with van der Waals surface area (Å²) in [4.78, 5) is 10.6. The molecule has 1 heterocycles. The van der Waals surface area contributed by atoms with Crippen molar-refractivity contribution >= 4 is 23.4 Å². The second-order valence-corrected chi connectivity index (χ2v) is 4.71. The van der Waals surface area contributed by atoms with Crippen LogP contribution in [0.25, 0.3) is 0 Å². The van der Waals surface area contributed by atoms with Gasteiger partial charge in [0.05, 0.1) is 6.20 Å². The SMILES string of the molecule is CCC(C)N(C)CCNc1nc(NC)ncc1Cl. The molecule has 0 aromatic carbocycles. The van der Waals surface area contributed by atoms with Crippen LogP contribution in [0.1, 0.15) is 20.3 Å². The Labute approximate surface area is 114 Å². The molecule has 5 nitrogen and oxygen atoms in total. The Balaban J connectivity index is 2.48. The van der Waals surface area contributed by atoms with E-state index in [1.807, 2.05) is 0 Å². The Bertz CT molecular complexity index is 371. The number of anilines is 2. The molecule has 1 aromatic rings. The number of hydrogen-bond acceptors (Lipinski definition) is 5. The lowest BCUT2D eigenvalue weighted by Gasteiger charge is -2.23. The van der Waals surface area contributed by atoms with E-state index in [2.05, 4.69) is 46.4 Å². The van der Waals surface area contributed by atoms with Crippen molar-refractivity contribution in [1.82, 2.24) is 14.9 Å². The Hall–Kier alpha value is -1.07. The molecule has 0 aliphatic rings. The maximum absolute atomic E-state index is 6.03. The van der Waals surface area contributed by atoms with E-state index in [4.69, 9.17) is 11.6 Å². The van der Waals surface area contributed by atoms with E-state index in [0.29, 0.717) is 22.8 Å². The smallest absolute Gasteiger partial charge is 0.224 e. The molecule has 2 N–H and O–H groups in total. The van der Waals surface area contributed by atoms with Crippen molar-refractivity contribution in [3.63, 3.8) is 0 Å². The molecule has 1 atom stereocenters. The van der Waals surface area contributed by atoms with Crippen LogP contribution in [0.4, 0.5) is 11.8 Å². The minimum absolute atomic E-state index is 0.542. The van der Waals surface area contributed by atoms with Gasteiger partial charge in [0.15, 0.2) is 5.82 Å². The fourth-order valence-corrected chi connectivity index (χ4v) is 1.65. The van der Waals surface area contributed by atoms with Gasteiger partial charge in [0, 0.05) is 26.2 Å². The molecule has 0 amide bonds. The third kappa shape index (κ3) is 4.31. The van der Waals surface area contributed by atoms with Crippen molar-refractivity contribution < 1.29 is 0 Å². The second-order valence-electron chi connectivity index (χ2n) is 4.30. The average molecular weight is 272 g/mol. The molecular formula is C12H22ClN5. The second kappa shape index (κ2) is 7.38. The number of likely N-dealkylation sites (N-methyl/N-ethyl adjacent to an activating group) is 1. The molecule has 0 radical (unpaired) electrons. The van der Waals surface area contributed by atoms with Gasteiger partial charge in [0.2, 0.25) is 5.95 Å². The van der Waals surface area contributed by atoms with E-state index in [-0.39, 0.29) is 0 Å². The minimum atomic E-state index is 0.542. The zero-order chi connectivity index (χ0) is 13.5. The van der Waals surface area contributed by atoms with E-state index in [0.717, 1.165) is 19.5 Å². The fourth-order valence-electron chi connectivity index (χ4n) is 1.49. The molecular weight excluding hydrogens is 250 g/mol. The van der Waals surface area contributed by atoms with Gasteiger partial charge in [-0.15, -0.1) is 0 Å². The number of aromatic nitrogens is 2. The van der Waals surface area contributed by atoms with E-state index >= 15 is 0 Å². The van der Waals surface area contributed by atoms with Crippen molar-refractivity contribution in [3.8, 4) is 0 Å². The predicted octanol–water partition coefficient (Wildman–Crippen LogP) is 2.31. The highest BCUT2D eigenvalue weighted by atomic mass is 35.5. The third-order valence-corrected chi connectivity index (χ3v) is 3.34. The van der Waals surface area contributed by atoms with Crippen LogP contribution < -0.4 is 10.6 Å². The molecule has 0 aliphatic carbocycles. The van der Waals surface area contributed by atoms with E-state index < -0.39 is 0 Å². The Kier molecular flexibility index (Phi) is 6.15. The molecule has 18 heavy (non-hydrogen) atoms. The maximum atomic E-state index is 6.03. The van der Waals surface area contributed by atoms with Gasteiger partial charge >= 0.3 is 0 Å². The summed E-state index contributed by atoms with van der Waals surface area (Å²) in [6.45, 7) is 6.16. The summed E-state index contributed by atoms with van der Waals surface area (Å²) >= 11 is 6.03. The molecule has 0 spiro atoms. The van der Waals surface area contributed by atoms with Crippen LogP contribution in [0, 0.1) is 0 Å². The van der Waals surface area contributed by atoms with Crippen molar-refractivity contribution in [1.29, 1.82) is 0 Å². The fraction of sp³-hybridized carbons (Fsp3) is 0.667. The lowest BCUT2D eigenvalue weighted by molar-refractivity contribution is 0.261. The van der Waals surface area contributed by atoms with Crippen molar-refractivity contribution in [2.24, 2.45) is 0 Å². The first kappa shape index (κ1) is 15.0. The number of nitrogens with one attached hydrogen (secondary N) is 2. The van der Waals surface area contributed by atoms with Gasteiger partial charge in [0.1, 0.15) is 5.02 Å². The number of nitrogens with zero attached hydrogens (tertiary/aromatic N) is 3. The standard InChI is InChI=1S/C12H22ClN5/c1-5-9(2)18(4)7-6-15-11-10(13)8-16-12(14-3)17-11/h8-9H,5-7H2,1-4H3,(H2,14,15,16,17). The summed E-state index contributed by atoms with van der Waals surface area (Å²) in [5.74, 6) is 1.24. The van der Waals surface area contributed by atoms with E-state index in [1.54, 1.807) is 13.2 Å². The highest BCUT2D eigenvalue weighted by molar-refractivity contribution is 6.32. The van der Waals surface area contributed by atoms with Gasteiger partial charge in [0.25, 0.3) is 0 Å². The molecule has 0 saturated heterocycles. The zero-order valence-corrected chi connectivity index (χ0v) is 12.3. The summed E-state index contributed by atoms with van der Waals surface area (Å²) in [5.41, 5.74) is 0. The van der Waals surface area contributed by atoms with Crippen LogP contribution in [0.5, 0.6) is 0 Å². The third-order valence-electron chi connectivity index (χ3n) is 3.07. The number of halogens is 1. The largest absolute Gasteiger partial charge is 0.367 e. The van der Waals surface area contributed by atoms with Gasteiger partial charge in [-0.2, -0.15) is 4.98 Å². The highest BCUT2D eigenvalue weighted by Gasteiger charge is 2.07. The van der Waals surface area contributed by atoms with Gasteiger partial charge in [-0.1, -0.05) is 18.5 Å². The molecule has 1 rings (SSSR count). The minimum Gasteiger partial charge on any atom is -0.367 e. The van der Waals surface area contributed by atoms with Crippen LogP contribution in [0.3, 0.4) is 0 Å². The average Bonchev–Trinajstić information content (AvgIpc) is 2.39. The highest BCUT2D eigenvalue weighted by Crippen LogP contribution is 2.18. The monoisotopic (exact) mass is 271 g/mol. The number of hydrogen-bond donors (Lipinski definition) is 2. The molecule has 6 heteroatoms. The van der Waals surface area contributed by atoms with Gasteiger partial charge in [-0.3, -0.25) is 0 Å². The molecule has 0 fully saturated rings. The quantitative estimate of drug-likeness (QED) is 0.797. The topological polar surface area (TPSA) is 53.1 Å². The van der Waals surface area contributed by atoms with Gasteiger partial charge < -0.3 is 15.5 Å². The molecule has 0 aliphatic heterocycles.